The average molecular weight is 180 g/mol. The maximum Gasteiger partial charge on any atom is 0.313 e. The van der Waals surface area contributed by atoms with Crippen molar-refractivity contribution in [3.8, 4) is 0 Å². The zero-order valence-electron chi connectivity index (χ0n) is 7.44. The molecule has 5 nitrogen and oxygen atoms in total. The topological polar surface area (TPSA) is 57.4 Å². The summed E-state index contributed by atoms with van der Waals surface area (Å²) in [7, 11) is 0. The lowest BCUT2D eigenvalue weighted by Crippen LogP contribution is -2.24. The zero-order chi connectivity index (χ0) is 9.10. The monoisotopic (exact) mass is 180 g/mol. The van der Waals surface area contributed by atoms with Crippen molar-refractivity contribution in [1.29, 1.82) is 0 Å². The highest BCUT2D eigenvalue weighted by Gasteiger charge is 2.18. The molecule has 0 N–H and O–H groups in total. The maximum atomic E-state index is 11.0. The van der Waals surface area contributed by atoms with Gasteiger partial charge < -0.3 is 4.90 Å². The van der Waals surface area contributed by atoms with E-state index in [0.717, 1.165) is 19.6 Å². The van der Waals surface area contributed by atoms with Gasteiger partial charge in [-0.05, 0) is 31.2 Å². The minimum Gasteiger partial charge on any atom is -0.303 e. The molecule has 0 radical (unpaired) electrons. The van der Waals surface area contributed by atoms with Crippen LogP contribution in [0.5, 0.6) is 0 Å². The van der Waals surface area contributed by atoms with Gasteiger partial charge in [0.1, 0.15) is 5.71 Å². The molecule has 2 rings (SSSR count). The van der Waals surface area contributed by atoms with Crippen molar-refractivity contribution in [1.82, 2.24) is 4.90 Å². The highest BCUT2D eigenvalue weighted by molar-refractivity contribution is 6.39. The van der Waals surface area contributed by atoms with Crippen molar-refractivity contribution in [2.24, 2.45) is 15.4 Å². The second-order valence-electron chi connectivity index (χ2n) is 3.34. The summed E-state index contributed by atoms with van der Waals surface area (Å²) >= 11 is 0. The molecule has 2 aliphatic rings. The Labute approximate surface area is 76.5 Å². The van der Waals surface area contributed by atoms with Gasteiger partial charge in [-0.15, -0.1) is 5.10 Å². The van der Waals surface area contributed by atoms with Gasteiger partial charge in [-0.1, -0.05) is 5.11 Å². The molecule has 0 aromatic carbocycles. The quantitative estimate of drug-likeness (QED) is 0.645. The van der Waals surface area contributed by atoms with E-state index in [-0.39, 0.29) is 5.91 Å². The van der Waals surface area contributed by atoms with Crippen LogP contribution in [0.4, 0.5) is 0 Å². The molecule has 0 aromatic rings. The minimum absolute atomic E-state index is 0.265. The molecule has 5 heteroatoms. The lowest BCUT2D eigenvalue weighted by Gasteiger charge is -2.12. The Hall–Kier alpha value is -1.10. The van der Waals surface area contributed by atoms with E-state index in [1.54, 1.807) is 0 Å². The Morgan fingerprint density at radius 1 is 1.31 bits per heavy atom. The van der Waals surface area contributed by atoms with E-state index >= 15 is 0 Å². The number of rotatable bonds is 3. The van der Waals surface area contributed by atoms with Crippen molar-refractivity contribution in [3.63, 3.8) is 0 Å². The highest BCUT2D eigenvalue weighted by atomic mass is 16.2. The summed E-state index contributed by atoms with van der Waals surface area (Å²) in [5, 5.41) is 10.3. The number of carbonyl (C=O) groups is 1. The van der Waals surface area contributed by atoms with Crippen LogP contribution in [0.15, 0.2) is 15.4 Å². The SMILES string of the molecule is O=C1N=NN=C1CCN1CCCC1. The van der Waals surface area contributed by atoms with Gasteiger partial charge >= 0.3 is 5.91 Å². The fourth-order valence-electron chi connectivity index (χ4n) is 1.64. The smallest absolute Gasteiger partial charge is 0.303 e. The number of likely N-dealkylation sites (tertiary alicyclic amines) is 1. The van der Waals surface area contributed by atoms with Crippen molar-refractivity contribution >= 4 is 11.6 Å². The standard InChI is InChI=1S/C8H12N4O/c13-8-7(9-11-10-8)3-6-12-4-1-2-5-12/h1-6H2. The number of nitrogens with zero attached hydrogens (tertiary/aromatic N) is 4. The Bertz CT molecular complexity index is 265. The molecular formula is C8H12N4O. The van der Waals surface area contributed by atoms with Crippen LogP contribution in [0.1, 0.15) is 19.3 Å². The summed E-state index contributed by atoms with van der Waals surface area (Å²) < 4.78 is 0. The van der Waals surface area contributed by atoms with Crippen molar-refractivity contribution in [3.05, 3.63) is 0 Å². The predicted molar refractivity (Wildman–Crippen MR) is 47.6 cm³/mol. The molecule has 0 spiro atoms. The molecule has 0 atom stereocenters. The molecule has 0 aromatic heterocycles. The van der Waals surface area contributed by atoms with E-state index in [1.165, 1.54) is 12.8 Å². The van der Waals surface area contributed by atoms with Crippen LogP contribution in [0.3, 0.4) is 0 Å². The van der Waals surface area contributed by atoms with Crippen molar-refractivity contribution in [2.45, 2.75) is 19.3 Å². The van der Waals surface area contributed by atoms with Crippen molar-refractivity contribution in [2.75, 3.05) is 19.6 Å². The molecular weight excluding hydrogens is 168 g/mol. The number of carbonyl (C=O) groups excluding carboxylic acids is 1. The molecule has 1 saturated heterocycles. The van der Waals surface area contributed by atoms with Crippen LogP contribution in [-0.4, -0.2) is 36.2 Å². The summed E-state index contributed by atoms with van der Waals surface area (Å²) in [6.07, 6.45) is 3.23. The molecule has 70 valence electrons. The van der Waals surface area contributed by atoms with Gasteiger partial charge in [-0.3, -0.25) is 4.79 Å². The van der Waals surface area contributed by atoms with Crippen LogP contribution in [0, 0.1) is 0 Å². The van der Waals surface area contributed by atoms with Gasteiger partial charge in [0.05, 0.1) is 0 Å². The summed E-state index contributed by atoms with van der Waals surface area (Å²) in [4.78, 5) is 13.3. The van der Waals surface area contributed by atoms with Crippen LogP contribution in [-0.2, 0) is 4.79 Å². The minimum atomic E-state index is -0.265. The molecule has 0 bridgehead atoms. The van der Waals surface area contributed by atoms with Gasteiger partial charge in [0.15, 0.2) is 0 Å². The molecule has 2 aliphatic heterocycles. The van der Waals surface area contributed by atoms with E-state index in [9.17, 15) is 4.79 Å². The van der Waals surface area contributed by atoms with Gasteiger partial charge in [-0.25, -0.2) is 0 Å². The Morgan fingerprint density at radius 2 is 2.08 bits per heavy atom. The van der Waals surface area contributed by atoms with Crippen LogP contribution < -0.4 is 0 Å². The lowest BCUT2D eigenvalue weighted by atomic mass is 10.2. The normalized spacial score (nSPS) is 22.8. The summed E-state index contributed by atoms with van der Waals surface area (Å²) in [5.41, 5.74) is 0.506. The average Bonchev–Trinajstić information content (AvgIpc) is 2.72. The molecule has 0 saturated carbocycles. The zero-order valence-corrected chi connectivity index (χ0v) is 7.44. The summed E-state index contributed by atoms with van der Waals surface area (Å²) in [6.45, 7) is 3.21. The number of amides is 1. The van der Waals surface area contributed by atoms with Gasteiger partial charge in [0.25, 0.3) is 0 Å². The fraction of sp³-hybridized carbons (Fsp3) is 0.750. The van der Waals surface area contributed by atoms with Gasteiger partial charge in [-0.2, -0.15) is 0 Å². The fourth-order valence-corrected chi connectivity index (χ4v) is 1.64. The van der Waals surface area contributed by atoms with E-state index in [1.807, 2.05) is 0 Å². The Kier molecular flexibility index (Phi) is 2.44. The lowest BCUT2D eigenvalue weighted by molar-refractivity contribution is -0.112. The second kappa shape index (κ2) is 3.74. The first-order chi connectivity index (χ1) is 6.36. The van der Waals surface area contributed by atoms with E-state index in [2.05, 4.69) is 20.3 Å². The Morgan fingerprint density at radius 3 is 2.69 bits per heavy atom. The third kappa shape index (κ3) is 1.98. The van der Waals surface area contributed by atoms with Crippen LogP contribution in [0.25, 0.3) is 0 Å². The second-order valence-corrected chi connectivity index (χ2v) is 3.34. The first kappa shape index (κ1) is 8.50. The van der Waals surface area contributed by atoms with E-state index in [4.69, 9.17) is 0 Å². The first-order valence-corrected chi connectivity index (χ1v) is 4.60. The maximum absolute atomic E-state index is 11.0. The summed E-state index contributed by atoms with van der Waals surface area (Å²) in [5.74, 6) is -0.265. The molecule has 0 aliphatic carbocycles. The predicted octanol–water partition coefficient (Wildman–Crippen LogP) is 0.821. The Balaban J connectivity index is 1.76. The largest absolute Gasteiger partial charge is 0.313 e. The van der Waals surface area contributed by atoms with E-state index in [0.29, 0.717) is 12.1 Å². The van der Waals surface area contributed by atoms with Crippen molar-refractivity contribution < 1.29 is 4.79 Å². The van der Waals surface area contributed by atoms with Gasteiger partial charge in [0, 0.05) is 13.0 Å². The molecule has 1 amide bonds. The molecule has 0 unspecified atom stereocenters. The van der Waals surface area contributed by atoms with Gasteiger partial charge in [0.2, 0.25) is 0 Å². The molecule has 13 heavy (non-hydrogen) atoms. The molecule has 1 fully saturated rings. The number of hydrogen-bond acceptors (Lipinski definition) is 4. The third-order valence-corrected chi connectivity index (χ3v) is 2.41. The van der Waals surface area contributed by atoms with Crippen LogP contribution in [0.2, 0.25) is 0 Å². The van der Waals surface area contributed by atoms with E-state index < -0.39 is 0 Å². The third-order valence-electron chi connectivity index (χ3n) is 2.41. The number of hydrogen-bond donors (Lipinski definition) is 0. The van der Waals surface area contributed by atoms with Crippen LogP contribution >= 0.6 is 0 Å². The molecule has 2 heterocycles. The summed E-state index contributed by atoms with van der Waals surface area (Å²) in [6, 6.07) is 0. The highest BCUT2D eigenvalue weighted by Crippen LogP contribution is 2.09. The first-order valence-electron chi connectivity index (χ1n) is 4.60.